The number of carbonyl (C=O) groups excluding carboxylic acids is 1. The van der Waals surface area contributed by atoms with Gasteiger partial charge < -0.3 is 0 Å². The Morgan fingerprint density at radius 2 is 1.67 bits per heavy atom. The molecule has 3 nitrogen and oxygen atoms in total. The maximum Gasteiger partial charge on any atom is 0.256 e. The van der Waals surface area contributed by atoms with E-state index < -0.39 is 0 Å². The molecule has 2 aromatic rings. The van der Waals surface area contributed by atoms with E-state index in [1.165, 1.54) is 16.1 Å². The van der Waals surface area contributed by atoms with Gasteiger partial charge in [0.1, 0.15) is 0 Å². The van der Waals surface area contributed by atoms with E-state index in [9.17, 15) is 4.79 Å². The van der Waals surface area contributed by atoms with Crippen molar-refractivity contribution in [1.29, 1.82) is 0 Å². The number of carbonyl (C=O) groups is 1. The van der Waals surface area contributed by atoms with Crippen LogP contribution in [-0.2, 0) is 11.2 Å². The molecule has 0 aliphatic carbocycles. The second-order valence-corrected chi connectivity index (χ2v) is 5.47. The maximum absolute atomic E-state index is 12.6. The lowest BCUT2D eigenvalue weighted by atomic mass is 9.95. The minimum Gasteiger partial charge on any atom is -0.272 e. The first-order chi connectivity index (χ1) is 10.1. The molecule has 1 amide bonds. The van der Waals surface area contributed by atoms with Crippen LogP contribution in [-0.4, -0.2) is 11.6 Å². The molecule has 0 bridgehead atoms. The van der Waals surface area contributed by atoms with Gasteiger partial charge in [-0.3, -0.25) is 4.79 Å². The summed E-state index contributed by atoms with van der Waals surface area (Å²) in [5.74, 6) is -0.104. The Balaban J connectivity index is 1.81. The molecule has 106 valence electrons. The second-order valence-electron chi connectivity index (χ2n) is 5.47. The number of rotatable bonds is 3. The van der Waals surface area contributed by atoms with Crippen molar-refractivity contribution in [3.05, 3.63) is 65.7 Å². The van der Waals surface area contributed by atoms with Gasteiger partial charge in [0, 0.05) is 5.71 Å². The average Bonchev–Trinajstić information content (AvgIpc) is 2.78. The normalized spacial score (nSPS) is 18.0. The second kappa shape index (κ2) is 5.52. The minimum atomic E-state index is -0.159. The Bertz CT molecular complexity index is 674. The number of hydrazone groups is 1. The first-order valence-corrected chi connectivity index (χ1v) is 7.15. The summed E-state index contributed by atoms with van der Waals surface area (Å²) in [4.78, 5) is 12.6. The molecule has 0 unspecified atom stereocenters. The average molecular weight is 278 g/mol. The number of nitrogens with zero attached hydrogens (tertiary/aromatic N) is 2. The summed E-state index contributed by atoms with van der Waals surface area (Å²) in [6.45, 7) is 3.99. The van der Waals surface area contributed by atoms with Crippen molar-refractivity contribution in [1.82, 2.24) is 0 Å². The number of aryl methyl sites for hydroxylation is 1. The number of hydrogen-bond acceptors (Lipinski definition) is 2. The Hall–Kier alpha value is -2.42. The summed E-state index contributed by atoms with van der Waals surface area (Å²) < 4.78 is 0. The summed E-state index contributed by atoms with van der Waals surface area (Å²) in [6.07, 6.45) is 0.706. The fourth-order valence-electron chi connectivity index (χ4n) is 2.55. The molecule has 1 aliphatic heterocycles. The molecule has 1 aliphatic rings. The van der Waals surface area contributed by atoms with E-state index in [0.717, 1.165) is 11.4 Å². The highest BCUT2D eigenvalue weighted by Crippen LogP contribution is 2.25. The van der Waals surface area contributed by atoms with E-state index in [4.69, 9.17) is 0 Å². The number of anilines is 1. The van der Waals surface area contributed by atoms with Crippen molar-refractivity contribution in [2.45, 2.75) is 20.3 Å². The van der Waals surface area contributed by atoms with E-state index in [1.54, 1.807) is 0 Å². The van der Waals surface area contributed by atoms with Crippen LogP contribution >= 0.6 is 0 Å². The van der Waals surface area contributed by atoms with Crippen LogP contribution in [0.2, 0.25) is 0 Å². The molecular formula is C18H18N2O. The van der Waals surface area contributed by atoms with Crippen LogP contribution in [0.5, 0.6) is 0 Å². The standard InChI is InChI=1S/C18H18N2O/c1-13-8-10-15(11-9-13)12-17-14(2)19-20(18(17)21)16-6-4-3-5-7-16/h3-11,17H,12H2,1-2H3/t17-/m0/s1. The molecule has 0 aromatic heterocycles. The van der Waals surface area contributed by atoms with E-state index in [1.807, 2.05) is 37.3 Å². The monoisotopic (exact) mass is 278 g/mol. The third kappa shape index (κ3) is 2.72. The van der Waals surface area contributed by atoms with Gasteiger partial charge in [0.2, 0.25) is 0 Å². The Kier molecular flexibility index (Phi) is 3.57. The quantitative estimate of drug-likeness (QED) is 0.844. The molecule has 3 rings (SSSR count). The predicted octanol–water partition coefficient (Wildman–Crippen LogP) is 3.58. The van der Waals surface area contributed by atoms with E-state index in [-0.39, 0.29) is 11.8 Å². The predicted molar refractivity (Wildman–Crippen MR) is 85.4 cm³/mol. The lowest BCUT2D eigenvalue weighted by Gasteiger charge is -2.14. The van der Waals surface area contributed by atoms with Gasteiger partial charge in [-0.2, -0.15) is 5.10 Å². The molecule has 3 heteroatoms. The molecular weight excluding hydrogens is 260 g/mol. The molecule has 0 spiro atoms. The topological polar surface area (TPSA) is 32.7 Å². The Labute approximate surface area is 124 Å². The van der Waals surface area contributed by atoms with Crippen LogP contribution in [0.1, 0.15) is 18.1 Å². The van der Waals surface area contributed by atoms with Crippen molar-refractivity contribution in [2.75, 3.05) is 5.01 Å². The first kappa shape index (κ1) is 13.6. The lowest BCUT2D eigenvalue weighted by Crippen LogP contribution is -2.28. The number of benzene rings is 2. The van der Waals surface area contributed by atoms with Crippen molar-refractivity contribution >= 4 is 17.3 Å². The molecule has 21 heavy (non-hydrogen) atoms. The van der Waals surface area contributed by atoms with Crippen LogP contribution in [0.15, 0.2) is 59.7 Å². The van der Waals surface area contributed by atoms with Gasteiger partial charge in [0.05, 0.1) is 11.6 Å². The van der Waals surface area contributed by atoms with Gasteiger partial charge in [0.25, 0.3) is 5.91 Å². The van der Waals surface area contributed by atoms with Crippen LogP contribution in [0.4, 0.5) is 5.69 Å². The maximum atomic E-state index is 12.6. The zero-order valence-corrected chi connectivity index (χ0v) is 12.3. The number of hydrogen-bond donors (Lipinski definition) is 0. The summed E-state index contributed by atoms with van der Waals surface area (Å²) in [6, 6.07) is 17.9. The van der Waals surface area contributed by atoms with Gasteiger partial charge in [-0.1, -0.05) is 48.0 Å². The molecule has 0 fully saturated rings. The third-order valence-corrected chi connectivity index (χ3v) is 3.83. The fraction of sp³-hybridized carbons (Fsp3) is 0.222. The molecule has 1 heterocycles. The SMILES string of the molecule is CC1=NN(c2ccccc2)C(=O)[C@H]1Cc1ccc(C)cc1. The fourth-order valence-corrected chi connectivity index (χ4v) is 2.55. The number of para-hydroxylation sites is 1. The van der Waals surface area contributed by atoms with E-state index in [0.29, 0.717) is 6.42 Å². The molecule has 0 radical (unpaired) electrons. The summed E-state index contributed by atoms with van der Waals surface area (Å²) in [5, 5.41) is 5.96. The highest BCUT2D eigenvalue weighted by molar-refractivity contribution is 6.14. The van der Waals surface area contributed by atoms with Gasteiger partial charge in [-0.05, 0) is 38.0 Å². The highest BCUT2D eigenvalue weighted by Gasteiger charge is 2.34. The first-order valence-electron chi connectivity index (χ1n) is 7.15. The molecule has 0 saturated heterocycles. The molecule has 2 aromatic carbocycles. The third-order valence-electron chi connectivity index (χ3n) is 3.83. The summed E-state index contributed by atoms with van der Waals surface area (Å²) in [7, 11) is 0. The molecule has 0 N–H and O–H groups in total. The van der Waals surface area contributed by atoms with Gasteiger partial charge in [-0.25, -0.2) is 5.01 Å². The van der Waals surface area contributed by atoms with Crippen molar-refractivity contribution in [2.24, 2.45) is 11.0 Å². The van der Waals surface area contributed by atoms with Crippen LogP contribution in [0, 0.1) is 12.8 Å². The van der Waals surface area contributed by atoms with Crippen LogP contribution in [0.25, 0.3) is 0 Å². The Morgan fingerprint density at radius 1 is 1.00 bits per heavy atom. The van der Waals surface area contributed by atoms with Crippen molar-refractivity contribution < 1.29 is 4.79 Å². The smallest absolute Gasteiger partial charge is 0.256 e. The lowest BCUT2D eigenvalue weighted by molar-refractivity contribution is -0.119. The molecule has 1 atom stereocenters. The van der Waals surface area contributed by atoms with E-state index >= 15 is 0 Å². The highest BCUT2D eigenvalue weighted by atomic mass is 16.2. The van der Waals surface area contributed by atoms with Gasteiger partial charge >= 0.3 is 0 Å². The molecule has 0 saturated carbocycles. The summed E-state index contributed by atoms with van der Waals surface area (Å²) in [5.41, 5.74) is 4.11. The van der Waals surface area contributed by atoms with E-state index in [2.05, 4.69) is 36.3 Å². The van der Waals surface area contributed by atoms with Crippen molar-refractivity contribution in [3.63, 3.8) is 0 Å². The zero-order valence-electron chi connectivity index (χ0n) is 12.3. The van der Waals surface area contributed by atoms with Gasteiger partial charge in [0.15, 0.2) is 0 Å². The minimum absolute atomic E-state index is 0.0549. The van der Waals surface area contributed by atoms with Crippen molar-refractivity contribution in [3.8, 4) is 0 Å². The largest absolute Gasteiger partial charge is 0.272 e. The Morgan fingerprint density at radius 3 is 2.33 bits per heavy atom. The van der Waals surface area contributed by atoms with Crippen LogP contribution in [0.3, 0.4) is 0 Å². The van der Waals surface area contributed by atoms with Crippen LogP contribution < -0.4 is 5.01 Å². The van der Waals surface area contributed by atoms with Gasteiger partial charge in [-0.15, -0.1) is 0 Å². The zero-order chi connectivity index (χ0) is 14.8. The number of amides is 1. The summed E-state index contributed by atoms with van der Waals surface area (Å²) >= 11 is 0.